The maximum atomic E-state index is 12.9. The SMILES string of the molecule is NC(N)CC(CC(N)CC1CCCCCC1)C(F)(F)F. The van der Waals surface area contributed by atoms with Crippen molar-refractivity contribution in [1.82, 2.24) is 0 Å². The highest BCUT2D eigenvalue weighted by Gasteiger charge is 2.40. The first-order valence-electron chi connectivity index (χ1n) is 7.62. The van der Waals surface area contributed by atoms with Crippen molar-refractivity contribution in [3.63, 3.8) is 0 Å². The second-order valence-electron chi connectivity index (χ2n) is 6.23. The van der Waals surface area contributed by atoms with E-state index < -0.39 is 24.3 Å². The Morgan fingerprint density at radius 1 is 0.900 bits per heavy atom. The van der Waals surface area contributed by atoms with Gasteiger partial charge in [0.25, 0.3) is 0 Å². The maximum absolute atomic E-state index is 12.9. The molecule has 0 bridgehead atoms. The molecular formula is C14H28F3N3. The van der Waals surface area contributed by atoms with Gasteiger partial charge in [0, 0.05) is 6.04 Å². The van der Waals surface area contributed by atoms with Crippen molar-refractivity contribution in [3.8, 4) is 0 Å². The molecule has 0 aromatic rings. The third-order valence-corrected chi connectivity index (χ3v) is 4.22. The highest BCUT2D eigenvalue weighted by atomic mass is 19.4. The van der Waals surface area contributed by atoms with Crippen molar-refractivity contribution in [2.75, 3.05) is 0 Å². The summed E-state index contributed by atoms with van der Waals surface area (Å²) in [7, 11) is 0. The molecule has 1 aliphatic rings. The van der Waals surface area contributed by atoms with Crippen LogP contribution in [0.2, 0.25) is 0 Å². The van der Waals surface area contributed by atoms with Crippen molar-refractivity contribution < 1.29 is 13.2 Å². The van der Waals surface area contributed by atoms with Crippen LogP contribution in [0.5, 0.6) is 0 Å². The van der Waals surface area contributed by atoms with Crippen molar-refractivity contribution in [2.24, 2.45) is 29.0 Å². The van der Waals surface area contributed by atoms with Crippen LogP contribution in [-0.4, -0.2) is 18.4 Å². The van der Waals surface area contributed by atoms with Gasteiger partial charge in [0.1, 0.15) is 0 Å². The van der Waals surface area contributed by atoms with Gasteiger partial charge in [-0.3, -0.25) is 0 Å². The molecule has 0 aromatic heterocycles. The Bertz CT molecular complexity index is 261. The molecule has 6 heteroatoms. The van der Waals surface area contributed by atoms with Gasteiger partial charge in [-0.1, -0.05) is 38.5 Å². The smallest absolute Gasteiger partial charge is 0.328 e. The number of halogens is 3. The quantitative estimate of drug-likeness (QED) is 0.521. The van der Waals surface area contributed by atoms with Crippen LogP contribution < -0.4 is 17.2 Å². The van der Waals surface area contributed by atoms with Crippen LogP contribution in [0.1, 0.15) is 57.8 Å². The van der Waals surface area contributed by atoms with Crippen molar-refractivity contribution in [2.45, 2.75) is 76.2 Å². The van der Waals surface area contributed by atoms with Crippen LogP contribution in [0.4, 0.5) is 13.2 Å². The summed E-state index contributed by atoms with van der Waals surface area (Å²) >= 11 is 0. The molecule has 0 aliphatic heterocycles. The van der Waals surface area contributed by atoms with Gasteiger partial charge in [-0.05, 0) is 25.2 Å². The molecule has 1 fully saturated rings. The largest absolute Gasteiger partial charge is 0.391 e. The van der Waals surface area contributed by atoms with E-state index in [1.165, 1.54) is 25.7 Å². The lowest BCUT2D eigenvalue weighted by atomic mass is 9.87. The Kier molecular flexibility index (Phi) is 7.26. The highest BCUT2D eigenvalue weighted by Crippen LogP contribution is 2.34. The fourth-order valence-corrected chi connectivity index (χ4v) is 3.18. The third-order valence-electron chi connectivity index (χ3n) is 4.22. The van der Waals surface area contributed by atoms with E-state index in [4.69, 9.17) is 17.2 Å². The summed E-state index contributed by atoms with van der Waals surface area (Å²) in [4.78, 5) is 0. The van der Waals surface area contributed by atoms with E-state index in [0.717, 1.165) is 12.8 Å². The zero-order valence-electron chi connectivity index (χ0n) is 12.0. The van der Waals surface area contributed by atoms with Gasteiger partial charge in [0.05, 0.1) is 12.1 Å². The van der Waals surface area contributed by atoms with Crippen LogP contribution in [-0.2, 0) is 0 Å². The Labute approximate surface area is 119 Å². The molecule has 2 unspecified atom stereocenters. The summed E-state index contributed by atoms with van der Waals surface area (Å²) in [6.07, 6.45) is 2.18. The molecule has 20 heavy (non-hydrogen) atoms. The molecule has 3 nitrogen and oxygen atoms in total. The lowest BCUT2D eigenvalue weighted by Gasteiger charge is -2.26. The minimum Gasteiger partial charge on any atom is -0.328 e. The zero-order chi connectivity index (χ0) is 15.2. The molecular weight excluding hydrogens is 267 g/mol. The molecule has 0 radical (unpaired) electrons. The van der Waals surface area contributed by atoms with Crippen LogP contribution in [0.3, 0.4) is 0 Å². The van der Waals surface area contributed by atoms with Gasteiger partial charge in [-0.25, -0.2) is 0 Å². The Hall–Kier alpha value is -0.330. The van der Waals surface area contributed by atoms with Gasteiger partial charge in [-0.2, -0.15) is 13.2 Å². The predicted molar refractivity (Wildman–Crippen MR) is 74.7 cm³/mol. The predicted octanol–water partition coefficient (Wildman–Crippen LogP) is 2.88. The molecule has 0 amide bonds. The van der Waals surface area contributed by atoms with E-state index in [-0.39, 0.29) is 12.8 Å². The molecule has 0 spiro atoms. The van der Waals surface area contributed by atoms with Crippen LogP contribution in [0.25, 0.3) is 0 Å². The number of hydrogen-bond donors (Lipinski definition) is 3. The first kappa shape index (κ1) is 17.7. The molecule has 6 N–H and O–H groups in total. The van der Waals surface area contributed by atoms with Gasteiger partial charge >= 0.3 is 6.18 Å². The summed E-state index contributed by atoms with van der Waals surface area (Å²) in [6, 6.07) is -0.413. The van der Waals surface area contributed by atoms with Crippen LogP contribution in [0, 0.1) is 11.8 Å². The van der Waals surface area contributed by atoms with Crippen LogP contribution >= 0.6 is 0 Å². The molecule has 120 valence electrons. The van der Waals surface area contributed by atoms with E-state index in [2.05, 4.69) is 0 Å². The summed E-state index contributed by atoms with van der Waals surface area (Å²) in [5.74, 6) is -1.00. The van der Waals surface area contributed by atoms with E-state index in [9.17, 15) is 13.2 Å². The lowest BCUT2D eigenvalue weighted by Crippen LogP contribution is -2.40. The summed E-state index contributed by atoms with van der Waals surface area (Å²) in [5, 5.41) is 0. The summed E-state index contributed by atoms with van der Waals surface area (Å²) < 4.78 is 38.8. The number of alkyl halides is 3. The molecule has 1 aliphatic carbocycles. The highest BCUT2D eigenvalue weighted by molar-refractivity contribution is 4.79. The van der Waals surface area contributed by atoms with E-state index >= 15 is 0 Å². The van der Waals surface area contributed by atoms with Gasteiger partial charge in [-0.15, -0.1) is 0 Å². The van der Waals surface area contributed by atoms with Crippen molar-refractivity contribution >= 4 is 0 Å². The van der Waals surface area contributed by atoms with Gasteiger partial charge < -0.3 is 17.2 Å². The summed E-state index contributed by atoms with van der Waals surface area (Å²) in [6.45, 7) is 0. The van der Waals surface area contributed by atoms with E-state index in [1.807, 2.05) is 0 Å². The molecule has 1 saturated carbocycles. The molecule has 2 atom stereocenters. The number of nitrogens with two attached hydrogens (primary N) is 3. The third kappa shape index (κ3) is 6.90. The van der Waals surface area contributed by atoms with Crippen molar-refractivity contribution in [3.05, 3.63) is 0 Å². The minimum atomic E-state index is -4.27. The molecule has 1 rings (SSSR count). The Balaban J connectivity index is 2.45. The average molecular weight is 295 g/mol. The fraction of sp³-hybridized carbons (Fsp3) is 1.00. The standard InChI is InChI=1S/C14H28F3N3/c15-14(16,17)11(9-13(19)20)8-12(18)7-10-5-3-1-2-4-6-10/h10-13H,1-9,18-20H2. The molecule has 0 saturated heterocycles. The Morgan fingerprint density at radius 3 is 1.90 bits per heavy atom. The number of hydrogen-bond acceptors (Lipinski definition) is 3. The first-order chi connectivity index (χ1) is 9.29. The van der Waals surface area contributed by atoms with E-state index in [0.29, 0.717) is 12.3 Å². The fourth-order valence-electron chi connectivity index (χ4n) is 3.18. The van der Waals surface area contributed by atoms with Gasteiger partial charge in [0.2, 0.25) is 0 Å². The monoisotopic (exact) mass is 295 g/mol. The zero-order valence-corrected chi connectivity index (χ0v) is 12.0. The van der Waals surface area contributed by atoms with Crippen LogP contribution in [0.15, 0.2) is 0 Å². The second kappa shape index (κ2) is 8.20. The second-order valence-corrected chi connectivity index (χ2v) is 6.23. The van der Waals surface area contributed by atoms with E-state index in [1.54, 1.807) is 0 Å². The average Bonchev–Trinajstić information content (AvgIpc) is 2.54. The normalized spacial score (nSPS) is 21.8. The molecule has 0 heterocycles. The number of rotatable bonds is 6. The maximum Gasteiger partial charge on any atom is 0.391 e. The minimum absolute atomic E-state index is 0.0646. The first-order valence-corrected chi connectivity index (χ1v) is 7.62. The van der Waals surface area contributed by atoms with Crippen molar-refractivity contribution in [1.29, 1.82) is 0 Å². The lowest BCUT2D eigenvalue weighted by molar-refractivity contribution is -0.180. The topological polar surface area (TPSA) is 78.1 Å². The molecule has 0 aromatic carbocycles. The summed E-state index contributed by atoms with van der Waals surface area (Å²) in [5.41, 5.74) is 16.6. The Morgan fingerprint density at radius 2 is 1.45 bits per heavy atom. The van der Waals surface area contributed by atoms with Gasteiger partial charge in [0.15, 0.2) is 0 Å².